The number of hydrogen-bond donors (Lipinski definition) is 1. The summed E-state index contributed by atoms with van der Waals surface area (Å²) in [7, 11) is 3.76. The normalized spacial score (nSPS) is 9.94. The Bertz CT molecular complexity index is 389. The van der Waals surface area contributed by atoms with Gasteiger partial charge >= 0.3 is 5.97 Å². The van der Waals surface area contributed by atoms with Crippen molar-refractivity contribution in [1.29, 1.82) is 0 Å². The number of benzene rings is 1. The predicted molar refractivity (Wildman–Crippen MR) is 56.3 cm³/mol. The zero-order valence-corrected chi connectivity index (χ0v) is 9.96. The lowest BCUT2D eigenvalue weighted by Crippen LogP contribution is -2.05. The van der Waals surface area contributed by atoms with Crippen LogP contribution in [0.2, 0.25) is 0 Å². The van der Waals surface area contributed by atoms with Crippen molar-refractivity contribution in [3.05, 3.63) is 17.7 Å². The van der Waals surface area contributed by atoms with Gasteiger partial charge in [-0.15, -0.1) is 0 Å². The molecule has 0 fully saturated rings. The Morgan fingerprint density at radius 1 is 0.944 bits per heavy atom. The van der Waals surface area contributed by atoms with Crippen molar-refractivity contribution in [1.82, 2.24) is 0 Å². The molecular formula is C10H12O8. The lowest BCUT2D eigenvalue weighted by Gasteiger charge is -2.12. The number of rotatable bonds is 7. The molecule has 100 valence electrons. The number of carboxylic acids is 1. The SMILES string of the molecule is COOc1cc(C(=O)O)cc(OOC)c1OOC. The molecule has 0 aliphatic rings. The fourth-order valence-electron chi connectivity index (χ4n) is 1.17. The molecule has 0 saturated carbocycles. The monoisotopic (exact) mass is 260 g/mol. The molecule has 1 rings (SSSR count). The molecule has 0 aliphatic carbocycles. The highest BCUT2D eigenvalue weighted by atomic mass is 17.2. The highest BCUT2D eigenvalue weighted by Crippen LogP contribution is 2.39. The Balaban J connectivity index is 3.28. The van der Waals surface area contributed by atoms with E-state index in [-0.39, 0.29) is 22.8 Å². The quantitative estimate of drug-likeness (QED) is 0.577. The fourth-order valence-corrected chi connectivity index (χ4v) is 1.17. The average Bonchev–Trinajstić information content (AvgIpc) is 2.33. The van der Waals surface area contributed by atoms with Crippen LogP contribution < -0.4 is 14.7 Å². The van der Waals surface area contributed by atoms with Crippen LogP contribution in [-0.2, 0) is 14.7 Å². The molecule has 0 spiro atoms. The van der Waals surface area contributed by atoms with Gasteiger partial charge in [0.1, 0.15) is 0 Å². The van der Waals surface area contributed by atoms with E-state index in [4.69, 9.17) is 19.8 Å². The van der Waals surface area contributed by atoms with Gasteiger partial charge in [-0.2, -0.15) is 14.7 Å². The van der Waals surface area contributed by atoms with Crippen LogP contribution in [0.3, 0.4) is 0 Å². The van der Waals surface area contributed by atoms with Crippen molar-refractivity contribution in [3.8, 4) is 17.2 Å². The fraction of sp³-hybridized carbons (Fsp3) is 0.300. The predicted octanol–water partition coefficient (Wildman–Crippen LogP) is 1.21. The molecule has 1 aromatic rings. The molecule has 1 aromatic carbocycles. The van der Waals surface area contributed by atoms with Gasteiger partial charge in [-0.3, -0.25) is 0 Å². The summed E-state index contributed by atoms with van der Waals surface area (Å²) in [4.78, 5) is 38.6. The van der Waals surface area contributed by atoms with Crippen LogP contribution in [0, 0.1) is 0 Å². The Morgan fingerprint density at radius 3 is 1.72 bits per heavy atom. The zero-order chi connectivity index (χ0) is 13.5. The summed E-state index contributed by atoms with van der Waals surface area (Å²) in [6.45, 7) is 0. The van der Waals surface area contributed by atoms with Crippen molar-refractivity contribution in [2.75, 3.05) is 21.3 Å². The minimum Gasteiger partial charge on any atom is -0.478 e. The molecule has 0 aliphatic heterocycles. The van der Waals surface area contributed by atoms with Gasteiger partial charge in [0.25, 0.3) is 5.75 Å². The Hall–Kier alpha value is -2.03. The first-order valence-corrected chi connectivity index (χ1v) is 4.67. The molecule has 0 atom stereocenters. The third-order valence-electron chi connectivity index (χ3n) is 1.78. The summed E-state index contributed by atoms with van der Waals surface area (Å²) in [6.07, 6.45) is 0. The lowest BCUT2D eigenvalue weighted by atomic mass is 10.2. The molecule has 8 heteroatoms. The molecule has 0 unspecified atom stereocenters. The number of aromatic carboxylic acids is 1. The molecule has 18 heavy (non-hydrogen) atoms. The Morgan fingerprint density at radius 2 is 1.39 bits per heavy atom. The van der Waals surface area contributed by atoms with Crippen molar-refractivity contribution >= 4 is 5.97 Å². The van der Waals surface area contributed by atoms with E-state index < -0.39 is 5.97 Å². The minimum absolute atomic E-state index is 0.0220. The molecule has 0 aromatic heterocycles. The first-order valence-electron chi connectivity index (χ1n) is 4.67. The van der Waals surface area contributed by atoms with Crippen molar-refractivity contribution in [3.63, 3.8) is 0 Å². The first kappa shape index (κ1) is 14.0. The van der Waals surface area contributed by atoms with Crippen LogP contribution in [-0.4, -0.2) is 32.4 Å². The van der Waals surface area contributed by atoms with Gasteiger partial charge in [0.05, 0.1) is 26.9 Å². The molecule has 0 saturated heterocycles. The van der Waals surface area contributed by atoms with E-state index in [0.29, 0.717) is 0 Å². The number of carboxylic acid groups (broad SMARTS) is 1. The van der Waals surface area contributed by atoms with E-state index in [9.17, 15) is 4.79 Å². The average molecular weight is 260 g/mol. The zero-order valence-electron chi connectivity index (χ0n) is 9.96. The van der Waals surface area contributed by atoms with Crippen molar-refractivity contribution in [2.45, 2.75) is 0 Å². The van der Waals surface area contributed by atoms with Gasteiger partial charge in [0.2, 0.25) is 11.5 Å². The summed E-state index contributed by atoms with van der Waals surface area (Å²) >= 11 is 0. The molecular weight excluding hydrogens is 248 g/mol. The van der Waals surface area contributed by atoms with E-state index in [1.807, 2.05) is 0 Å². The van der Waals surface area contributed by atoms with Gasteiger partial charge in [0, 0.05) is 12.1 Å². The molecule has 0 heterocycles. The summed E-state index contributed by atoms with van der Waals surface area (Å²) < 4.78 is 0. The second kappa shape index (κ2) is 6.64. The second-order valence-electron chi connectivity index (χ2n) is 2.86. The topological polar surface area (TPSA) is 92.7 Å². The van der Waals surface area contributed by atoms with Crippen LogP contribution in [0.15, 0.2) is 12.1 Å². The van der Waals surface area contributed by atoms with Gasteiger partial charge in [-0.1, -0.05) is 0 Å². The number of hydrogen-bond acceptors (Lipinski definition) is 7. The van der Waals surface area contributed by atoms with Gasteiger partial charge in [-0.05, 0) is 0 Å². The molecule has 0 amide bonds. The van der Waals surface area contributed by atoms with E-state index in [1.54, 1.807) is 0 Å². The summed E-state index contributed by atoms with van der Waals surface area (Å²) in [5, 5.41) is 8.93. The molecule has 0 bridgehead atoms. The van der Waals surface area contributed by atoms with Crippen LogP contribution in [0.25, 0.3) is 0 Å². The summed E-state index contributed by atoms with van der Waals surface area (Å²) in [6, 6.07) is 2.37. The maximum atomic E-state index is 10.9. The van der Waals surface area contributed by atoms with Crippen LogP contribution in [0.1, 0.15) is 10.4 Å². The van der Waals surface area contributed by atoms with Gasteiger partial charge in [-0.25, -0.2) is 4.79 Å². The van der Waals surface area contributed by atoms with Crippen molar-refractivity contribution in [2.24, 2.45) is 0 Å². The standard InChI is InChI=1S/C10H12O8/c1-13-16-7-4-6(10(11)12)5-8(17-14-2)9(7)18-15-3/h4-5H,1-3H3,(H,11,12). The molecule has 1 N–H and O–H groups in total. The van der Waals surface area contributed by atoms with E-state index in [2.05, 4.69) is 14.7 Å². The lowest BCUT2D eigenvalue weighted by molar-refractivity contribution is -0.214. The third kappa shape index (κ3) is 3.23. The van der Waals surface area contributed by atoms with E-state index in [0.717, 1.165) is 0 Å². The minimum atomic E-state index is -1.18. The highest BCUT2D eigenvalue weighted by Gasteiger charge is 2.20. The summed E-state index contributed by atoms with van der Waals surface area (Å²) in [5.74, 6) is -1.27. The maximum absolute atomic E-state index is 10.9. The Kier molecular flexibility index (Phi) is 5.18. The Labute approximate surface area is 102 Å². The second-order valence-corrected chi connectivity index (χ2v) is 2.86. The third-order valence-corrected chi connectivity index (χ3v) is 1.78. The van der Waals surface area contributed by atoms with E-state index >= 15 is 0 Å². The van der Waals surface area contributed by atoms with Crippen LogP contribution in [0.4, 0.5) is 0 Å². The number of carbonyl (C=O) groups is 1. The van der Waals surface area contributed by atoms with E-state index in [1.165, 1.54) is 33.5 Å². The largest absolute Gasteiger partial charge is 0.478 e. The molecule has 0 radical (unpaired) electrons. The smallest absolute Gasteiger partial charge is 0.335 e. The van der Waals surface area contributed by atoms with Crippen LogP contribution >= 0.6 is 0 Å². The van der Waals surface area contributed by atoms with Gasteiger partial charge < -0.3 is 19.8 Å². The molecule has 8 nitrogen and oxygen atoms in total. The summed E-state index contributed by atoms with van der Waals surface area (Å²) in [5.41, 5.74) is -0.0995. The highest BCUT2D eigenvalue weighted by molar-refractivity contribution is 5.89. The van der Waals surface area contributed by atoms with Crippen LogP contribution in [0.5, 0.6) is 17.2 Å². The first-order chi connectivity index (χ1) is 8.63. The maximum Gasteiger partial charge on any atom is 0.335 e. The van der Waals surface area contributed by atoms with Gasteiger partial charge in [0.15, 0.2) is 0 Å². The van der Waals surface area contributed by atoms with Crippen molar-refractivity contribution < 1.29 is 39.2 Å².